The van der Waals surface area contributed by atoms with Crippen molar-refractivity contribution in [2.24, 2.45) is 5.10 Å². The van der Waals surface area contributed by atoms with Gasteiger partial charge in [-0.3, -0.25) is 14.6 Å². The van der Waals surface area contributed by atoms with Crippen LogP contribution < -0.4 is 26.7 Å². The molecule has 1 amide bonds. The van der Waals surface area contributed by atoms with Gasteiger partial charge in [-0.15, -0.1) is 5.10 Å². The highest BCUT2D eigenvalue weighted by molar-refractivity contribution is 5.88. The fourth-order valence-corrected chi connectivity index (χ4v) is 2.02. The van der Waals surface area contributed by atoms with Crippen LogP contribution >= 0.6 is 0 Å². The summed E-state index contributed by atoms with van der Waals surface area (Å²) in [4.78, 5) is 47.7. The maximum atomic E-state index is 11.8. The monoisotopic (exact) mass is 398 g/mol. The van der Waals surface area contributed by atoms with Crippen LogP contribution in [0.25, 0.3) is 0 Å². The van der Waals surface area contributed by atoms with E-state index in [1.165, 1.54) is 18.5 Å². The second-order valence-electron chi connectivity index (χ2n) is 5.44. The third-order valence-corrected chi connectivity index (χ3v) is 3.34. The summed E-state index contributed by atoms with van der Waals surface area (Å²) < 4.78 is 10.1. The lowest BCUT2D eigenvalue weighted by Crippen LogP contribution is -2.31. The molecular weight excluding hydrogens is 384 g/mol. The molecule has 3 aromatic rings. The largest absolute Gasteiger partial charge is 0.457 e. The molecule has 12 nitrogen and oxygen atoms in total. The number of aromatic amines is 2. The van der Waals surface area contributed by atoms with Gasteiger partial charge in [-0.1, -0.05) is 0 Å². The van der Waals surface area contributed by atoms with Gasteiger partial charge in [-0.05, 0) is 42.0 Å². The van der Waals surface area contributed by atoms with E-state index in [1.54, 1.807) is 30.3 Å². The third kappa shape index (κ3) is 5.50. The van der Waals surface area contributed by atoms with Crippen LogP contribution in [-0.4, -0.2) is 39.8 Å². The SMILES string of the molecule is O=C(CNc1n[nH]c(=O)[nH]c1=O)N/N=C/c1ccc(OC(=O)c2ccco2)cc1. The van der Waals surface area contributed by atoms with Gasteiger partial charge in [0.1, 0.15) is 5.75 Å². The number of aromatic nitrogens is 3. The first-order valence-electron chi connectivity index (χ1n) is 8.12. The Morgan fingerprint density at radius 1 is 1.21 bits per heavy atom. The minimum Gasteiger partial charge on any atom is -0.457 e. The van der Waals surface area contributed by atoms with E-state index in [0.717, 1.165) is 0 Å². The quantitative estimate of drug-likeness (QED) is 0.184. The molecular formula is C17H14N6O6. The van der Waals surface area contributed by atoms with Gasteiger partial charge in [0.25, 0.3) is 11.5 Å². The molecule has 0 saturated heterocycles. The number of ether oxygens (including phenoxy) is 1. The van der Waals surface area contributed by atoms with E-state index in [9.17, 15) is 19.2 Å². The van der Waals surface area contributed by atoms with Crippen molar-refractivity contribution in [2.75, 3.05) is 11.9 Å². The van der Waals surface area contributed by atoms with Crippen LogP contribution in [0.1, 0.15) is 16.1 Å². The fraction of sp³-hybridized carbons (Fsp3) is 0.0588. The molecule has 0 aliphatic carbocycles. The predicted octanol–water partition coefficient (Wildman–Crippen LogP) is -0.167. The lowest BCUT2D eigenvalue weighted by molar-refractivity contribution is -0.119. The van der Waals surface area contributed by atoms with E-state index in [0.29, 0.717) is 11.3 Å². The molecule has 0 fully saturated rings. The average Bonchev–Trinajstić information content (AvgIpc) is 3.24. The molecule has 1 aromatic carbocycles. The molecule has 0 atom stereocenters. The number of nitrogens with zero attached hydrogens (tertiary/aromatic N) is 2. The van der Waals surface area contributed by atoms with Gasteiger partial charge in [0.05, 0.1) is 19.0 Å². The molecule has 12 heteroatoms. The minimum atomic E-state index is -0.753. The van der Waals surface area contributed by atoms with Crippen molar-refractivity contribution in [3.05, 3.63) is 74.8 Å². The second kappa shape index (κ2) is 8.94. The zero-order chi connectivity index (χ0) is 20.6. The second-order valence-corrected chi connectivity index (χ2v) is 5.44. The van der Waals surface area contributed by atoms with Crippen molar-refractivity contribution < 1.29 is 18.7 Å². The zero-order valence-electron chi connectivity index (χ0n) is 14.7. The maximum absolute atomic E-state index is 11.8. The van der Waals surface area contributed by atoms with Crippen LogP contribution in [0.5, 0.6) is 5.75 Å². The van der Waals surface area contributed by atoms with Gasteiger partial charge in [-0.2, -0.15) is 5.10 Å². The van der Waals surface area contributed by atoms with Crippen molar-refractivity contribution in [1.82, 2.24) is 20.6 Å². The summed E-state index contributed by atoms with van der Waals surface area (Å²) >= 11 is 0. The molecule has 29 heavy (non-hydrogen) atoms. The molecule has 0 aliphatic rings. The highest BCUT2D eigenvalue weighted by atomic mass is 16.5. The smallest absolute Gasteiger partial charge is 0.379 e. The van der Waals surface area contributed by atoms with Crippen LogP contribution in [0.2, 0.25) is 0 Å². The Bertz CT molecular complexity index is 1130. The molecule has 3 rings (SSSR count). The highest BCUT2D eigenvalue weighted by Gasteiger charge is 2.11. The van der Waals surface area contributed by atoms with E-state index in [2.05, 4.69) is 20.9 Å². The number of esters is 1. The van der Waals surface area contributed by atoms with Gasteiger partial charge in [-0.25, -0.2) is 20.1 Å². The van der Waals surface area contributed by atoms with Crippen molar-refractivity contribution in [3.63, 3.8) is 0 Å². The normalized spacial score (nSPS) is 10.6. The number of amides is 1. The standard InChI is InChI=1S/C17H14N6O6/c24-13(9-18-14-15(25)20-17(27)23-22-14)21-19-8-10-3-5-11(6-4-10)29-16(26)12-2-1-7-28-12/h1-8H,9H2,(H,18,22)(H,21,24)(H2,20,23,25,27)/b19-8+. The highest BCUT2D eigenvalue weighted by Crippen LogP contribution is 2.13. The summed E-state index contributed by atoms with van der Waals surface area (Å²) in [5, 5.41) is 11.7. The number of hydrogen-bond acceptors (Lipinski definition) is 9. The molecule has 0 spiro atoms. The summed E-state index contributed by atoms with van der Waals surface area (Å²) in [7, 11) is 0. The maximum Gasteiger partial charge on any atom is 0.379 e. The van der Waals surface area contributed by atoms with Crippen molar-refractivity contribution in [3.8, 4) is 5.75 Å². The first-order chi connectivity index (χ1) is 14.0. The van der Waals surface area contributed by atoms with Crippen molar-refractivity contribution in [2.45, 2.75) is 0 Å². The van der Waals surface area contributed by atoms with Crippen LogP contribution in [0.4, 0.5) is 5.82 Å². The molecule has 0 bridgehead atoms. The number of nitrogens with one attached hydrogen (secondary N) is 4. The molecule has 0 saturated carbocycles. The van der Waals surface area contributed by atoms with Crippen molar-refractivity contribution in [1.29, 1.82) is 0 Å². The van der Waals surface area contributed by atoms with Gasteiger partial charge < -0.3 is 14.5 Å². The number of H-pyrrole nitrogens is 2. The number of anilines is 1. The summed E-state index contributed by atoms with van der Waals surface area (Å²) in [6.07, 6.45) is 2.75. The Kier molecular flexibility index (Phi) is 5.95. The Morgan fingerprint density at radius 2 is 2.00 bits per heavy atom. The van der Waals surface area contributed by atoms with E-state index < -0.39 is 23.1 Å². The Labute approximate surface area is 161 Å². The third-order valence-electron chi connectivity index (χ3n) is 3.34. The summed E-state index contributed by atoms with van der Waals surface area (Å²) in [5.41, 5.74) is 1.38. The van der Waals surface area contributed by atoms with Gasteiger partial charge in [0, 0.05) is 0 Å². The van der Waals surface area contributed by atoms with Gasteiger partial charge in [0.2, 0.25) is 11.6 Å². The molecule has 148 valence electrons. The molecule has 4 N–H and O–H groups in total. The first-order valence-corrected chi connectivity index (χ1v) is 8.12. The number of hydrogen-bond donors (Lipinski definition) is 4. The Hall–Kier alpha value is -4.48. The van der Waals surface area contributed by atoms with Crippen LogP contribution in [0.3, 0.4) is 0 Å². The minimum absolute atomic E-state index is 0.0889. The molecule has 2 aromatic heterocycles. The summed E-state index contributed by atoms with van der Waals surface area (Å²) in [6, 6.07) is 9.43. The molecule has 0 aliphatic heterocycles. The number of hydrazone groups is 1. The van der Waals surface area contributed by atoms with E-state index in [-0.39, 0.29) is 18.1 Å². The number of carbonyl (C=O) groups is 2. The Balaban J connectivity index is 1.47. The van der Waals surface area contributed by atoms with Gasteiger partial charge in [0.15, 0.2) is 0 Å². The number of rotatable bonds is 7. The average molecular weight is 398 g/mol. The summed E-state index contributed by atoms with van der Waals surface area (Å²) in [5.74, 6) is -0.963. The van der Waals surface area contributed by atoms with Crippen LogP contribution in [0, 0.1) is 0 Å². The molecule has 0 radical (unpaired) electrons. The zero-order valence-corrected chi connectivity index (χ0v) is 14.7. The van der Waals surface area contributed by atoms with Crippen LogP contribution in [0.15, 0.2) is 61.8 Å². The number of carbonyl (C=O) groups excluding carboxylic acids is 2. The Morgan fingerprint density at radius 3 is 2.69 bits per heavy atom. The van der Waals surface area contributed by atoms with Crippen LogP contribution in [-0.2, 0) is 4.79 Å². The fourth-order valence-electron chi connectivity index (χ4n) is 2.02. The number of benzene rings is 1. The van der Waals surface area contributed by atoms with E-state index >= 15 is 0 Å². The summed E-state index contributed by atoms with van der Waals surface area (Å²) in [6.45, 7) is -0.291. The first kappa shape index (κ1) is 19.3. The molecule has 2 heterocycles. The lowest BCUT2D eigenvalue weighted by atomic mass is 10.2. The van der Waals surface area contributed by atoms with E-state index in [4.69, 9.17) is 9.15 Å². The predicted molar refractivity (Wildman–Crippen MR) is 99.8 cm³/mol. The van der Waals surface area contributed by atoms with Gasteiger partial charge >= 0.3 is 11.7 Å². The number of furan rings is 1. The topological polar surface area (TPSA) is 172 Å². The van der Waals surface area contributed by atoms with E-state index in [1.807, 2.05) is 10.1 Å². The molecule has 0 unspecified atom stereocenters. The van der Waals surface area contributed by atoms with Crippen molar-refractivity contribution >= 4 is 23.9 Å². The lowest BCUT2D eigenvalue weighted by Gasteiger charge is -2.03.